The molecule has 0 aromatic carbocycles. The molecular weight excluding hydrogens is 150 g/mol. The standard InChI is InChI=1S/C6H6ClN3/c1-4-5(8-2)6(7)10-3-9-4/h3H,2H2,1H3. The molecule has 4 heteroatoms. The van der Waals surface area contributed by atoms with E-state index in [9.17, 15) is 0 Å². The molecule has 0 atom stereocenters. The molecule has 52 valence electrons. The third-order valence-corrected chi connectivity index (χ3v) is 1.40. The highest BCUT2D eigenvalue weighted by molar-refractivity contribution is 6.31. The van der Waals surface area contributed by atoms with Crippen LogP contribution in [-0.4, -0.2) is 16.7 Å². The number of aryl methyl sites for hydroxylation is 1. The van der Waals surface area contributed by atoms with Gasteiger partial charge < -0.3 is 0 Å². The van der Waals surface area contributed by atoms with Gasteiger partial charge in [-0.05, 0) is 13.6 Å². The van der Waals surface area contributed by atoms with Crippen molar-refractivity contribution in [3.63, 3.8) is 0 Å². The van der Waals surface area contributed by atoms with E-state index in [1.54, 1.807) is 6.92 Å². The van der Waals surface area contributed by atoms with E-state index in [1.165, 1.54) is 6.33 Å². The molecule has 0 fully saturated rings. The van der Waals surface area contributed by atoms with E-state index in [4.69, 9.17) is 11.6 Å². The summed E-state index contributed by atoms with van der Waals surface area (Å²) in [6.07, 6.45) is 1.40. The first kappa shape index (κ1) is 7.15. The molecule has 0 saturated heterocycles. The normalized spacial score (nSPS) is 9.40. The highest BCUT2D eigenvalue weighted by Crippen LogP contribution is 2.22. The predicted octanol–water partition coefficient (Wildman–Crippen LogP) is 1.77. The zero-order valence-electron chi connectivity index (χ0n) is 5.50. The number of rotatable bonds is 1. The summed E-state index contributed by atoms with van der Waals surface area (Å²) in [7, 11) is 0. The van der Waals surface area contributed by atoms with E-state index in [0.717, 1.165) is 5.69 Å². The largest absolute Gasteiger partial charge is 0.259 e. The highest BCUT2D eigenvalue weighted by Gasteiger charge is 2.01. The maximum Gasteiger partial charge on any atom is 0.158 e. The molecule has 0 aliphatic carbocycles. The molecule has 1 aromatic heterocycles. The van der Waals surface area contributed by atoms with Gasteiger partial charge in [-0.1, -0.05) is 11.6 Å². The molecule has 0 N–H and O–H groups in total. The van der Waals surface area contributed by atoms with Crippen molar-refractivity contribution in [2.24, 2.45) is 4.99 Å². The lowest BCUT2D eigenvalue weighted by atomic mass is 10.4. The quantitative estimate of drug-likeness (QED) is 0.458. The van der Waals surface area contributed by atoms with Crippen molar-refractivity contribution in [2.45, 2.75) is 6.92 Å². The van der Waals surface area contributed by atoms with Crippen LogP contribution >= 0.6 is 11.6 Å². The number of aromatic nitrogens is 2. The van der Waals surface area contributed by atoms with Gasteiger partial charge in [0.2, 0.25) is 0 Å². The van der Waals surface area contributed by atoms with Gasteiger partial charge in [-0.2, -0.15) is 0 Å². The van der Waals surface area contributed by atoms with Crippen molar-refractivity contribution < 1.29 is 0 Å². The van der Waals surface area contributed by atoms with Gasteiger partial charge in [0, 0.05) is 0 Å². The van der Waals surface area contributed by atoms with Gasteiger partial charge in [-0.3, -0.25) is 4.99 Å². The lowest BCUT2D eigenvalue weighted by molar-refractivity contribution is 1.10. The molecule has 1 heterocycles. The van der Waals surface area contributed by atoms with Gasteiger partial charge >= 0.3 is 0 Å². The number of hydrogen-bond acceptors (Lipinski definition) is 3. The van der Waals surface area contributed by atoms with Crippen LogP contribution in [0.3, 0.4) is 0 Å². The molecule has 0 aliphatic heterocycles. The Bertz CT molecular complexity index is 239. The first-order valence-corrected chi connectivity index (χ1v) is 3.07. The third kappa shape index (κ3) is 1.14. The van der Waals surface area contributed by atoms with Crippen molar-refractivity contribution in [3.8, 4) is 0 Å². The number of nitrogens with zero attached hydrogens (tertiary/aromatic N) is 3. The average Bonchev–Trinajstić information content (AvgIpc) is 1.88. The molecule has 3 nitrogen and oxygen atoms in total. The van der Waals surface area contributed by atoms with Crippen LogP contribution in [0, 0.1) is 6.92 Å². The summed E-state index contributed by atoms with van der Waals surface area (Å²) in [5.74, 6) is 0. The minimum absolute atomic E-state index is 0.350. The maximum atomic E-state index is 5.64. The first-order valence-electron chi connectivity index (χ1n) is 2.69. The number of aliphatic imine (C=N–C) groups is 1. The van der Waals surface area contributed by atoms with Crippen molar-refractivity contribution in [1.29, 1.82) is 0 Å². The van der Waals surface area contributed by atoms with Crippen molar-refractivity contribution in [1.82, 2.24) is 9.97 Å². The van der Waals surface area contributed by atoms with Gasteiger partial charge in [-0.25, -0.2) is 9.97 Å². The van der Waals surface area contributed by atoms with E-state index in [-0.39, 0.29) is 0 Å². The molecular formula is C6H6ClN3. The molecule has 0 radical (unpaired) electrons. The molecule has 10 heavy (non-hydrogen) atoms. The molecule has 0 saturated carbocycles. The van der Waals surface area contributed by atoms with Crippen LogP contribution in [0.25, 0.3) is 0 Å². The first-order chi connectivity index (χ1) is 4.75. The van der Waals surface area contributed by atoms with Crippen LogP contribution in [-0.2, 0) is 0 Å². The summed E-state index contributed by atoms with van der Waals surface area (Å²) in [5, 5.41) is 0.350. The maximum absolute atomic E-state index is 5.64. The Balaban J connectivity index is 3.30. The topological polar surface area (TPSA) is 38.1 Å². The number of halogens is 1. The van der Waals surface area contributed by atoms with Crippen molar-refractivity contribution in [3.05, 3.63) is 17.2 Å². The van der Waals surface area contributed by atoms with Gasteiger partial charge in [0.05, 0.1) is 5.69 Å². The van der Waals surface area contributed by atoms with Crippen LogP contribution < -0.4 is 0 Å². The Kier molecular flexibility index (Phi) is 1.97. The summed E-state index contributed by atoms with van der Waals surface area (Å²) in [6.45, 7) is 5.14. The van der Waals surface area contributed by atoms with Crippen LogP contribution in [0.5, 0.6) is 0 Å². The Morgan fingerprint density at radius 2 is 2.30 bits per heavy atom. The summed E-state index contributed by atoms with van der Waals surface area (Å²) in [4.78, 5) is 11.3. The van der Waals surface area contributed by atoms with Crippen molar-refractivity contribution >= 4 is 24.0 Å². The van der Waals surface area contributed by atoms with Gasteiger partial charge in [0.1, 0.15) is 12.0 Å². The fourth-order valence-electron chi connectivity index (χ4n) is 0.617. The van der Waals surface area contributed by atoms with Gasteiger partial charge in [-0.15, -0.1) is 0 Å². The summed E-state index contributed by atoms with van der Waals surface area (Å²) >= 11 is 5.64. The van der Waals surface area contributed by atoms with Crippen LogP contribution in [0.2, 0.25) is 5.15 Å². The Labute approximate surface area is 63.8 Å². The summed E-state index contributed by atoms with van der Waals surface area (Å²) in [6, 6.07) is 0. The molecule has 0 amide bonds. The molecule has 1 rings (SSSR count). The average molecular weight is 156 g/mol. The zero-order chi connectivity index (χ0) is 7.56. The molecule has 0 aliphatic rings. The smallest absolute Gasteiger partial charge is 0.158 e. The summed E-state index contributed by atoms with van der Waals surface area (Å²) in [5.41, 5.74) is 1.30. The minimum Gasteiger partial charge on any atom is -0.259 e. The third-order valence-electron chi connectivity index (χ3n) is 1.12. The second-order valence-electron chi connectivity index (χ2n) is 1.76. The van der Waals surface area contributed by atoms with Crippen LogP contribution in [0.4, 0.5) is 5.69 Å². The lowest BCUT2D eigenvalue weighted by Crippen LogP contribution is -1.84. The Hall–Kier alpha value is -0.960. The van der Waals surface area contributed by atoms with Crippen LogP contribution in [0.15, 0.2) is 11.3 Å². The monoisotopic (exact) mass is 155 g/mol. The molecule has 0 unspecified atom stereocenters. The molecule has 1 aromatic rings. The van der Waals surface area contributed by atoms with E-state index < -0.39 is 0 Å². The van der Waals surface area contributed by atoms with E-state index in [2.05, 4.69) is 21.7 Å². The summed E-state index contributed by atoms with van der Waals surface area (Å²) < 4.78 is 0. The molecule has 0 bridgehead atoms. The zero-order valence-corrected chi connectivity index (χ0v) is 6.26. The van der Waals surface area contributed by atoms with Gasteiger partial charge in [0.15, 0.2) is 5.15 Å². The second kappa shape index (κ2) is 2.75. The Morgan fingerprint density at radius 3 is 2.70 bits per heavy atom. The lowest BCUT2D eigenvalue weighted by Gasteiger charge is -1.97. The van der Waals surface area contributed by atoms with E-state index in [0.29, 0.717) is 10.8 Å². The van der Waals surface area contributed by atoms with E-state index in [1.807, 2.05) is 0 Å². The minimum atomic E-state index is 0.350. The number of hydrogen-bond donors (Lipinski definition) is 0. The van der Waals surface area contributed by atoms with Crippen molar-refractivity contribution in [2.75, 3.05) is 0 Å². The Morgan fingerprint density at radius 1 is 1.60 bits per heavy atom. The van der Waals surface area contributed by atoms with E-state index >= 15 is 0 Å². The van der Waals surface area contributed by atoms with Crippen LogP contribution in [0.1, 0.15) is 5.69 Å². The SMILES string of the molecule is C=Nc1c(C)ncnc1Cl. The fraction of sp³-hybridized carbons (Fsp3) is 0.167. The van der Waals surface area contributed by atoms with Gasteiger partial charge in [0.25, 0.3) is 0 Å². The fourth-order valence-corrected chi connectivity index (χ4v) is 0.858. The molecule has 0 spiro atoms. The second-order valence-corrected chi connectivity index (χ2v) is 2.11. The highest BCUT2D eigenvalue weighted by atomic mass is 35.5. The predicted molar refractivity (Wildman–Crippen MR) is 41.0 cm³/mol.